The largest absolute Gasteiger partial charge is 0.465 e. The van der Waals surface area contributed by atoms with Crippen LogP contribution in [0.3, 0.4) is 0 Å². The van der Waals surface area contributed by atoms with Crippen molar-refractivity contribution in [3.05, 3.63) is 36.0 Å². The van der Waals surface area contributed by atoms with Crippen LogP contribution in [0, 0.1) is 0 Å². The van der Waals surface area contributed by atoms with Crippen LogP contribution in [0.5, 0.6) is 0 Å². The Kier molecular flexibility index (Phi) is 5.59. The molecule has 3 N–H and O–H groups in total. The Morgan fingerprint density at radius 3 is 2.70 bits per heavy atom. The van der Waals surface area contributed by atoms with Gasteiger partial charge in [-0.15, -0.1) is 0 Å². The molecule has 0 saturated carbocycles. The molecule has 0 aliphatic rings. The van der Waals surface area contributed by atoms with Crippen molar-refractivity contribution in [2.45, 2.75) is 26.3 Å². The molecule has 7 nitrogen and oxygen atoms in total. The van der Waals surface area contributed by atoms with Gasteiger partial charge in [0.25, 0.3) is 0 Å². The molecule has 1 aromatic heterocycles. The van der Waals surface area contributed by atoms with Crippen LogP contribution < -0.4 is 5.73 Å². The summed E-state index contributed by atoms with van der Waals surface area (Å²) >= 11 is 0. The van der Waals surface area contributed by atoms with Crippen LogP contribution in [0.1, 0.15) is 19.4 Å². The average molecular weight is 340 g/mol. The fourth-order valence-corrected chi connectivity index (χ4v) is 3.60. The SMILES string of the molecule is CCOC(=O)[C@@H](N)Cc1cn(P(=O)(O)OCC)c2ccccc12. The predicted molar refractivity (Wildman–Crippen MR) is 87.1 cm³/mol. The van der Waals surface area contributed by atoms with Crippen LogP contribution in [0.2, 0.25) is 0 Å². The highest BCUT2D eigenvalue weighted by atomic mass is 31.2. The minimum absolute atomic E-state index is 0.109. The third-order valence-corrected chi connectivity index (χ3v) is 4.84. The maximum Gasteiger partial charge on any atom is 0.436 e. The van der Waals surface area contributed by atoms with Crippen molar-refractivity contribution in [2.75, 3.05) is 13.2 Å². The zero-order chi connectivity index (χ0) is 17.0. The molecule has 0 spiro atoms. The molecular weight excluding hydrogens is 319 g/mol. The van der Waals surface area contributed by atoms with Gasteiger partial charge in [0.2, 0.25) is 0 Å². The maximum atomic E-state index is 12.3. The molecule has 0 amide bonds. The number of nitrogens with two attached hydrogens (primary N) is 1. The molecule has 2 aromatic rings. The molecule has 8 heteroatoms. The van der Waals surface area contributed by atoms with Crippen LogP contribution in [0.15, 0.2) is 30.5 Å². The van der Waals surface area contributed by atoms with Gasteiger partial charge in [0.05, 0.1) is 18.7 Å². The van der Waals surface area contributed by atoms with Crippen LogP contribution >= 0.6 is 7.75 Å². The topological polar surface area (TPSA) is 104 Å². The molecule has 23 heavy (non-hydrogen) atoms. The van der Waals surface area contributed by atoms with E-state index in [4.69, 9.17) is 15.0 Å². The average Bonchev–Trinajstić information content (AvgIpc) is 2.87. The molecule has 0 aliphatic carbocycles. The van der Waals surface area contributed by atoms with Crippen molar-refractivity contribution in [3.63, 3.8) is 0 Å². The van der Waals surface area contributed by atoms with Crippen LogP contribution in [-0.2, 0) is 25.0 Å². The van der Waals surface area contributed by atoms with Crippen molar-refractivity contribution in [1.29, 1.82) is 0 Å². The van der Waals surface area contributed by atoms with Gasteiger partial charge in [-0.25, -0.2) is 4.57 Å². The molecule has 0 aliphatic heterocycles. The predicted octanol–water partition coefficient (Wildman–Crippen LogP) is 2.06. The number of carbonyl (C=O) groups excluding carboxylic acids is 1. The number of carbonyl (C=O) groups is 1. The second kappa shape index (κ2) is 7.27. The molecule has 0 saturated heterocycles. The lowest BCUT2D eigenvalue weighted by atomic mass is 10.1. The number of hydrogen-bond acceptors (Lipinski definition) is 5. The summed E-state index contributed by atoms with van der Waals surface area (Å²) in [6.45, 7) is 3.72. The van der Waals surface area contributed by atoms with E-state index in [1.165, 1.54) is 10.5 Å². The Hall–Kier alpha value is -1.66. The number of esters is 1. The van der Waals surface area contributed by atoms with Gasteiger partial charge < -0.3 is 15.4 Å². The minimum Gasteiger partial charge on any atom is -0.465 e. The van der Waals surface area contributed by atoms with Gasteiger partial charge in [-0.3, -0.25) is 13.7 Å². The summed E-state index contributed by atoms with van der Waals surface area (Å²) in [4.78, 5) is 21.8. The summed E-state index contributed by atoms with van der Waals surface area (Å²) in [5.41, 5.74) is 7.10. The second-order valence-electron chi connectivity index (χ2n) is 4.99. The highest BCUT2D eigenvalue weighted by molar-refractivity contribution is 7.51. The van der Waals surface area contributed by atoms with E-state index in [1.807, 2.05) is 12.1 Å². The monoisotopic (exact) mass is 340 g/mol. The van der Waals surface area contributed by atoms with E-state index in [2.05, 4.69) is 0 Å². The van der Waals surface area contributed by atoms with Gasteiger partial charge in [0.15, 0.2) is 0 Å². The fraction of sp³-hybridized carbons (Fsp3) is 0.400. The highest BCUT2D eigenvalue weighted by Crippen LogP contribution is 2.47. The molecule has 0 bridgehead atoms. The Morgan fingerprint density at radius 2 is 2.04 bits per heavy atom. The van der Waals surface area contributed by atoms with E-state index >= 15 is 0 Å². The van der Waals surface area contributed by atoms with Crippen LogP contribution in [-0.4, -0.2) is 34.5 Å². The second-order valence-corrected chi connectivity index (χ2v) is 6.66. The molecule has 1 heterocycles. The number of fused-ring (bicyclic) bond motifs is 1. The Labute approximate surface area is 134 Å². The van der Waals surface area contributed by atoms with E-state index < -0.39 is 19.8 Å². The number of nitrogens with zero attached hydrogens (tertiary/aromatic N) is 1. The summed E-state index contributed by atoms with van der Waals surface area (Å²) in [5.74, 6) is -0.499. The zero-order valence-corrected chi connectivity index (χ0v) is 14.0. The van der Waals surface area contributed by atoms with Gasteiger partial charge in [-0.1, -0.05) is 18.2 Å². The summed E-state index contributed by atoms with van der Waals surface area (Å²) in [6.07, 6.45) is 1.72. The van der Waals surface area contributed by atoms with Gasteiger partial charge in [0.1, 0.15) is 6.04 Å². The summed E-state index contributed by atoms with van der Waals surface area (Å²) in [5, 5.41) is 0.751. The van der Waals surface area contributed by atoms with Gasteiger partial charge in [-0.05, 0) is 25.5 Å². The van der Waals surface area contributed by atoms with Crippen molar-refractivity contribution in [3.8, 4) is 0 Å². The molecule has 2 atom stereocenters. The van der Waals surface area contributed by atoms with Gasteiger partial charge in [0, 0.05) is 18.0 Å². The number of para-hydroxylation sites is 1. The van der Waals surface area contributed by atoms with Crippen molar-refractivity contribution in [1.82, 2.24) is 4.34 Å². The van der Waals surface area contributed by atoms with E-state index in [0.717, 1.165) is 5.39 Å². The van der Waals surface area contributed by atoms with Crippen molar-refractivity contribution in [2.24, 2.45) is 5.73 Å². The lowest BCUT2D eigenvalue weighted by molar-refractivity contribution is -0.144. The first-order valence-corrected chi connectivity index (χ1v) is 8.93. The Bertz CT molecular complexity index is 743. The molecule has 0 radical (unpaired) electrons. The number of benzene rings is 1. The quantitative estimate of drug-likeness (QED) is 0.591. The van der Waals surface area contributed by atoms with Gasteiger partial charge >= 0.3 is 13.7 Å². The molecule has 126 valence electrons. The van der Waals surface area contributed by atoms with E-state index in [1.54, 1.807) is 26.0 Å². The third-order valence-electron chi connectivity index (χ3n) is 3.37. The molecule has 1 unspecified atom stereocenters. The van der Waals surface area contributed by atoms with E-state index in [0.29, 0.717) is 11.1 Å². The number of aromatic nitrogens is 1. The first kappa shape index (κ1) is 17.7. The summed E-state index contributed by atoms with van der Waals surface area (Å²) in [6, 6.07) is 6.27. The van der Waals surface area contributed by atoms with Gasteiger partial charge in [-0.2, -0.15) is 0 Å². The third kappa shape index (κ3) is 3.82. The number of hydrogen-bond donors (Lipinski definition) is 2. The zero-order valence-electron chi connectivity index (χ0n) is 13.1. The minimum atomic E-state index is -3.99. The summed E-state index contributed by atoms with van der Waals surface area (Å²) < 4.78 is 23.4. The lowest BCUT2D eigenvalue weighted by Crippen LogP contribution is -2.34. The molecule has 0 fully saturated rings. The highest BCUT2D eigenvalue weighted by Gasteiger charge is 2.26. The number of rotatable bonds is 7. The standard InChI is InChI=1S/C15H21N2O5P/c1-3-21-15(18)13(16)9-11-10-17(23(19,20)22-4-2)14-8-6-5-7-12(11)14/h5-8,10,13H,3-4,9,16H2,1-2H3,(H,19,20)/t13-/m0/s1. The van der Waals surface area contributed by atoms with Crippen molar-refractivity contribution < 1.29 is 23.5 Å². The Balaban J connectivity index is 2.42. The molecular formula is C15H21N2O5P. The van der Waals surface area contributed by atoms with Crippen molar-refractivity contribution >= 4 is 24.6 Å². The smallest absolute Gasteiger partial charge is 0.436 e. The van der Waals surface area contributed by atoms with Crippen LogP contribution in [0.25, 0.3) is 10.9 Å². The molecule has 1 aromatic carbocycles. The summed E-state index contributed by atoms with van der Waals surface area (Å²) in [7, 11) is -3.99. The first-order valence-electron chi connectivity index (χ1n) is 7.40. The fourth-order valence-electron chi connectivity index (χ4n) is 2.40. The van der Waals surface area contributed by atoms with E-state index in [-0.39, 0.29) is 19.6 Å². The van der Waals surface area contributed by atoms with Crippen LogP contribution in [0.4, 0.5) is 0 Å². The number of ether oxygens (including phenoxy) is 1. The Morgan fingerprint density at radius 1 is 1.35 bits per heavy atom. The maximum absolute atomic E-state index is 12.3. The molecule has 2 rings (SSSR count). The normalized spacial score (nSPS) is 15.3. The van der Waals surface area contributed by atoms with E-state index in [9.17, 15) is 14.3 Å². The first-order chi connectivity index (χ1) is 10.9. The lowest BCUT2D eigenvalue weighted by Gasteiger charge is -2.12.